The predicted octanol–water partition coefficient (Wildman–Crippen LogP) is 6.57. The average Bonchev–Trinajstić information content (AvgIpc) is 3.14. The minimum atomic E-state index is -1.13. The van der Waals surface area contributed by atoms with Crippen LogP contribution in [-0.2, 0) is 9.59 Å². The van der Waals surface area contributed by atoms with Crippen LogP contribution in [0.5, 0.6) is 0 Å². The third kappa shape index (κ3) is 5.67. The Labute approximate surface area is 224 Å². The molecule has 3 amide bonds. The summed E-state index contributed by atoms with van der Waals surface area (Å²) in [6, 6.07) is 15.2. The van der Waals surface area contributed by atoms with Gasteiger partial charge in [-0.05, 0) is 60.7 Å². The van der Waals surface area contributed by atoms with Gasteiger partial charge < -0.3 is 10.6 Å². The number of carbonyl (C=O) groups excluding carboxylic acids is 3. The first-order valence-electron chi connectivity index (χ1n) is 9.77. The first-order chi connectivity index (χ1) is 16.6. The molecule has 3 aromatic carbocycles. The summed E-state index contributed by atoms with van der Waals surface area (Å²) in [5.74, 6) is -3.58. The zero-order chi connectivity index (χ0) is 25.3. The molecule has 0 bridgehead atoms. The lowest BCUT2D eigenvalue weighted by Gasteiger charge is -2.13. The first kappa shape index (κ1) is 25.2. The Balaban J connectivity index is 1.64. The minimum absolute atomic E-state index is 0.0140. The van der Waals surface area contributed by atoms with Crippen LogP contribution in [0.3, 0.4) is 0 Å². The number of nitrogens with one attached hydrogen (secondary N) is 3. The van der Waals surface area contributed by atoms with Crippen molar-refractivity contribution in [2.24, 2.45) is 0 Å². The molecule has 0 atom stereocenters. The summed E-state index contributed by atoms with van der Waals surface area (Å²) in [6.07, 6.45) is 0. The molecule has 0 saturated carbocycles. The minimum Gasteiger partial charge on any atom is -0.319 e. The maximum Gasteiger partial charge on any atom is 0.328 e. The summed E-state index contributed by atoms with van der Waals surface area (Å²) >= 11 is 18.6. The van der Waals surface area contributed by atoms with Crippen LogP contribution in [-0.4, -0.2) is 22.4 Å². The predicted molar refractivity (Wildman–Crippen MR) is 141 cm³/mol. The van der Waals surface area contributed by atoms with Crippen LogP contribution >= 0.6 is 55.1 Å². The molecule has 0 aliphatic rings. The molecular formula is C23H13Br2Cl2FN4O3. The van der Waals surface area contributed by atoms with Crippen LogP contribution in [0, 0.1) is 5.82 Å². The Kier molecular flexibility index (Phi) is 7.46. The highest BCUT2D eigenvalue weighted by molar-refractivity contribution is 9.10. The highest BCUT2D eigenvalue weighted by Crippen LogP contribution is 2.28. The van der Waals surface area contributed by atoms with Crippen LogP contribution in [0.4, 0.5) is 15.8 Å². The van der Waals surface area contributed by atoms with Crippen molar-refractivity contribution in [1.29, 1.82) is 0 Å². The van der Waals surface area contributed by atoms with Gasteiger partial charge in [0.25, 0.3) is 5.91 Å². The number of hydrogen-bond acceptors (Lipinski definition) is 3. The van der Waals surface area contributed by atoms with E-state index in [9.17, 15) is 18.8 Å². The molecule has 0 fully saturated rings. The quantitative estimate of drug-likeness (QED) is 0.220. The molecule has 7 nitrogen and oxygen atoms in total. The molecule has 3 N–H and O–H groups in total. The second kappa shape index (κ2) is 10.4. The molecule has 0 aliphatic heterocycles. The number of fused-ring (bicyclic) bond motifs is 1. The fraction of sp³-hybridized carbons (Fsp3) is 0. The van der Waals surface area contributed by atoms with Gasteiger partial charge in [0, 0.05) is 19.4 Å². The molecule has 178 valence electrons. The van der Waals surface area contributed by atoms with Crippen LogP contribution in [0.15, 0.2) is 69.6 Å². The highest BCUT2D eigenvalue weighted by atomic mass is 79.9. The third-order valence-electron chi connectivity index (χ3n) is 4.77. The number of halogens is 5. The SMILES string of the molecule is O=C(Nc1ccc(Br)cc1F)C(=O)Nn1c(C(=O)Nc2ccc(Cl)cc2Cl)cc2cc(Br)ccc21. The number of aromatic nitrogens is 1. The van der Waals surface area contributed by atoms with Gasteiger partial charge in [0.1, 0.15) is 11.5 Å². The highest BCUT2D eigenvalue weighted by Gasteiger charge is 2.22. The fourth-order valence-electron chi connectivity index (χ4n) is 3.17. The number of amides is 3. The van der Waals surface area contributed by atoms with Crippen LogP contribution < -0.4 is 16.1 Å². The number of rotatable bonds is 4. The van der Waals surface area contributed by atoms with Gasteiger partial charge in [-0.3, -0.25) is 19.8 Å². The van der Waals surface area contributed by atoms with E-state index < -0.39 is 23.5 Å². The fourth-order valence-corrected chi connectivity index (χ4v) is 4.34. The summed E-state index contributed by atoms with van der Waals surface area (Å²) in [7, 11) is 0. The van der Waals surface area contributed by atoms with Crippen molar-refractivity contribution in [3.8, 4) is 0 Å². The van der Waals surface area contributed by atoms with Crippen LogP contribution in [0.1, 0.15) is 10.5 Å². The monoisotopic (exact) mass is 640 g/mol. The van der Waals surface area contributed by atoms with Crippen molar-refractivity contribution in [3.05, 3.63) is 91.2 Å². The number of benzene rings is 3. The first-order valence-corrected chi connectivity index (χ1v) is 12.1. The molecule has 0 unspecified atom stereocenters. The molecule has 0 radical (unpaired) electrons. The molecule has 0 saturated heterocycles. The second-order valence-electron chi connectivity index (χ2n) is 7.17. The van der Waals surface area contributed by atoms with E-state index in [0.717, 1.165) is 10.5 Å². The molecule has 0 aliphatic carbocycles. The zero-order valence-corrected chi connectivity index (χ0v) is 22.0. The van der Waals surface area contributed by atoms with Gasteiger partial charge in [-0.25, -0.2) is 9.07 Å². The number of hydrogen-bond donors (Lipinski definition) is 3. The van der Waals surface area contributed by atoms with Gasteiger partial charge >= 0.3 is 11.8 Å². The van der Waals surface area contributed by atoms with Gasteiger partial charge in [-0.1, -0.05) is 55.1 Å². The Morgan fingerprint density at radius 3 is 2.20 bits per heavy atom. The summed E-state index contributed by atoms with van der Waals surface area (Å²) in [5.41, 5.74) is 2.98. The largest absolute Gasteiger partial charge is 0.328 e. The molecule has 12 heteroatoms. The number of carbonyl (C=O) groups is 3. The van der Waals surface area contributed by atoms with Gasteiger partial charge in [0.2, 0.25) is 0 Å². The van der Waals surface area contributed by atoms with Crippen molar-refractivity contribution >= 4 is 95.1 Å². The Morgan fingerprint density at radius 2 is 1.49 bits per heavy atom. The Morgan fingerprint density at radius 1 is 0.800 bits per heavy atom. The van der Waals surface area contributed by atoms with E-state index in [1.807, 2.05) is 0 Å². The molecule has 1 heterocycles. The molecule has 35 heavy (non-hydrogen) atoms. The van der Waals surface area contributed by atoms with Crippen molar-refractivity contribution in [3.63, 3.8) is 0 Å². The van der Waals surface area contributed by atoms with E-state index in [-0.39, 0.29) is 16.4 Å². The van der Waals surface area contributed by atoms with Gasteiger partial charge in [-0.2, -0.15) is 0 Å². The molecule has 1 aromatic heterocycles. The zero-order valence-electron chi connectivity index (χ0n) is 17.3. The Bertz CT molecular complexity index is 1510. The third-order valence-corrected chi connectivity index (χ3v) is 6.31. The number of nitrogens with zero attached hydrogens (tertiary/aromatic N) is 1. The van der Waals surface area contributed by atoms with E-state index in [1.165, 1.54) is 35.0 Å². The van der Waals surface area contributed by atoms with Gasteiger partial charge in [0.05, 0.1) is 21.9 Å². The summed E-state index contributed by atoms with van der Waals surface area (Å²) in [4.78, 5) is 38.2. The summed E-state index contributed by atoms with van der Waals surface area (Å²) in [5, 5.41) is 6.08. The van der Waals surface area contributed by atoms with Crippen molar-refractivity contribution in [2.75, 3.05) is 16.1 Å². The van der Waals surface area contributed by atoms with Gasteiger partial charge in [0.15, 0.2) is 0 Å². The Hall–Kier alpha value is -2.92. The van der Waals surface area contributed by atoms with E-state index in [2.05, 4.69) is 47.9 Å². The molecule has 4 rings (SSSR count). The van der Waals surface area contributed by atoms with E-state index in [1.54, 1.807) is 24.3 Å². The van der Waals surface area contributed by atoms with E-state index in [0.29, 0.717) is 26.1 Å². The maximum absolute atomic E-state index is 14.1. The van der Waals surface area contributed by atoms with E-state index in [4.69, 9.17) is 23.2 Å². The van der Waals surface area contributed by atoms with Crippen LogP contribution in [0.25, 0.3) is 10.9 Å². The van der Waals surface area contributed by atoms with Crippen LogP contribution in [0.2, 0.25) is 10.0 Å². The number of anilines is 2. The lowest BCUT2D eigenvalue weighted by molar-refractivity contribution is -0.133. The van der Waals surface area contributed by atoms with Crippen molar-refractivity contribution < 1.29 is 18.8 Å². The second-order valence-corrected chi connectivity index (χ2v) is 9.84. The van der Waals surface area contributed by atoms with Gasteiger partial charge in [-0.15, -0.1) is 0 Å². The van der Waals surface area contributed by atoms with Crippen molar-refractivity contribution in [1.82, 2.24) is 4.68 Å². The van der Waals surface area contributed by atoms with E-state index >= 15 is 0 Å². The molecule has 0 spiro atoms. The smallest absolute Gasteiger partial charge is 0.319 e. The molecule has 4 aromatic rings. The lowest BCUT2D eigenvalue weighted by Crippen LogP contribution is -2.36. The average molecular weight is 643 g/mol. The standard InChI is InChI=1S/C23H13Br2Cl2FN4O3/c24-12-2-6-19-11(7-12)8-20(21(33)29-17-5-3-14(26)10-15(17)27)32(19)31-23(35)22(34)30-18-4-1-13(25)9-16(18)28/h1-10H,(H,29,33)(H,30,34)(H,31,35). The maximum atomic E-state index is 14.1. The van der Waals surface area contributed by atoms with Crippen molar-refractivity contribution in [2.45, 2.75) is 0 Å². The molecular weight excluding hydrogens is 630 g/mol. The topological polar surface area (TPSA) is 92.2 Å². The summed E-state index contributed by atoms with van der Waals surface area (Å²) < 4.78 is 16.5. The summed E-state index contributed by atoms with van der Waals surface area (Å²) in [6.45, 7) is 0. The lowest BCUT2D eigenvalue weighted by atomic mass is 10.2. The normalized spacial score (nSPS) is 10.8.